The number of nitrogens with zero attached hydrogens (tertiary/aromatic N) is 1. The van der Waals surface area contributed by atoms with Crippen LogP contribution in [0.2, 0.25) is 5.02 Å². The van der Waals surface area contributed by atoms with Crippen LogP contribution < -0.4 is 10.1 Å². The van der Waals surface area contributed by atoms with E-state index in [1.807, 2.05) is 12.1 Å². The molecule has 5 nitrogen and oxygen atoms in total. The Hall–Kier alpha value is -1.75. The van der Waals surface area contributed by atoms with E-state index in [1.165, 1.54) is 4.90 Å². The van der Waals surface area contributed by atoms with Crippen molar-refractivity contribution < 1.29 is 14.3 Å². The summed E-state index contributed by atoms with van der Waals surface area (Å²) in [4.78, 5) is 25.8. The molecular weight excluding hydrogens is 316 g/mol. The highest BCUT2D eigenvalue weighted by molar-refractivity contribution is 6.32. The van der Waals surface area contributed by atoms with Crippen LogP contribution in [0, 0.1) is 5.92 Å². The number of amides is 3. The summed E-state index contributed by atoms with van der Waals surface area (Å²) in [7, 11) is 0. The number of nitrogens with one attached hydrogen (secondary N) is 1. The normalized spacial score (nSPS) is 21.0. The van der Waals surface area contributed by atoms with Crippen molar-refractivity contribution in [2.75, 3.05) is 13.2 Å². The van der Waals surface area contributed by atoms with Crippen molar-refractivity contribution >= 4 is 23.5 Å². The van der Waals surface area contributed by atoms with E-state index in [4.69, 9.17) is 16.3 Å². The van der Waals surface area contributed by atoms with Gasteiger partial charge in [-0.3, -0.25) is 9.69 Å². The highest BCUT2D eigenvalue weighted by Crippen LogP contribution is 2.25. The van der Waals surface area contributed by atoms with Crippen LogP contribution in [0.5, 0.6) is 5.75 Å². The molecule has 1 aromatic rings. The molecule has 1 aliphatic rings. The number of imide groups is 1. The Labute approximate surface area is 141 Å². The van der Waals surface area contributed by atoms with E-state index in [-0.39, 0.29) is 25.1 Å². The minimum atomic E-state index is -0.814. The molecule has 1 aromatic carbocycles. The number of hydrogen-bond acceptors (Lipinski definition) is 3. The maximum Gasteiger partial charge on any atom is 0.325 e. The Balaban J connectivity index is 1.92. The molecule has 0 radical (unpaired) electrons. The maximum atomic E-state index is 12.5. The van der Waals surface area contributed by atoms with E-state index in [9.17, 15) is 9.59 Å². The highest BCUT2D eigenvalue weighted by Gasteiger charge is 2.47. The minimum absolute atomic E-state index is 0.189. The van der Waals surface area contributed by atoms with Crippen LogP contribution in [0.3, 0.4) is 0 Å². The van der Waals surface area contributed by atoms with E-state index in [0.717, 1.165) is 6.42 Å². The fourth-order valence-corrected chi connectivity index (χ4v) is 2.70. The standard InChI is InChI=1S/C17H23ClN2O3/c1-12(2)8-9-17(3)15(21)20(16(22)19-17)10-11-23-14-7-5-4-6-13(14)18/h4-7,12H,8-11H2,1-3H3,(H,19,22). The summed E-state index contributed by atoms with van der Waals surface area (Å²) in [5.74, 6) is 0.837. The van der Waals surface area contributed by atoms with Crippen molar-refractivity contribution in [1.82, 2.24) is 10.2 Å². The van der Waals surface area contributed by atoms with Gasteiger partial charge in [-0.2, -0.15) is 0 Å². The Morgan fingerprint density at radius 2 is 2.00 bits per heavy atom. The lowest BCUT2D eigenvalue weighted by atomic mass is 9.92. The summed E-state index contributed by atoms with van der Waals surface area (Å²) >= 11 is 6.01. The first-order valence-corrected chi connectivity index (χ1v) is 8.23. The lowest BCUT2D eigenvalue weighted by Gasteiger charge is -2.22. The second kappa shape index (κ2) is 7.21. The SMILES string of the molecule is CC(C)CCC1(C)NC(=O)N(CCOc2ccccc2Cl)C1=O. The van der Waals surface area contributed by atoms with Gasteiger partial charge < -0.3 is 10.1 Å². The first kappa shape index (κ1) is 17.6. The average Bonchev–Trinajstić information content (AvgIpc) is 2.71. The van der Waals surface area contributed by atoms with Crippen LogP contribution in [-0.4, -0.2) is 35.5 Å². The van der Waals surface area contributed by atoms with Gasteiger partial charge in [-0.1, -0.05) is 37.6 Å². The zero-order valence-corrected chi connectivity index (χ0v) is 14.5. The number of ether oxygens (including phenoxy) is 1. The van der Waals surface area contributed by atoms with E-state index in [1.54, 1.807) is 19.1 Å². The van der Waals surface area contributed by atoms with Gasteiger partial charge in [0.25, 0.3) is 5.91 Å². The Kier molecular flexibility index (Phi) is 5.52. The molecule has 1 heterocycles. The third-order valence-corrected chi connectivity index (χ3v) is 4.29. The Morgan fingerprint density at radius 3 is 2.65 bits per heavy atom. The van der Waals surface area contributed by atoms with Gasteiger partial charge in [-0.25, -0.2) is 4.79 Å². The van der Waals surface area contributed by atoms with Gasteiger partial charge in [0.2, 0.25) is 0 Å². The van der Waals surface area contributed by atoms with Crippen molar-refractivity contribution in [1.29, 1.82) is 0 Å². The molecule has 0 saturated carbocycles. The molecule has 0 spiro atoms. The number of benzene rings is 1. The molecule has 1 fully saturated rings. The van der Waals surface area contributed by atoms with Crippen LogP contribution >= 0.6 is 11.6 Å². The number of rotatable bonds is 7. The van der Waals surface area contributed by atoms with Crippen molar-refractivity contribution in [3.8, 4) is 5.75 Å². The Morgan fingerprint density at radius 1 is 1.30 bits per heavy atom. The number of urea groups is 1. The second-order valence-corrected chi connectivity index (χ2v) is 6.84. The molecule has 0 aromatic heterocycles. The highest BCUT2D eigenvalue weighted by atomic mass is 35.5. The van der Waals surface area contributed by atoms with Crippen LogP contribution in [0.1, 0.15) is 33.6 Å². The first-order chi connectivity index (χ1) is 10.8. The van der Waals surface area contributed by atoms with Crippen LogP contribution in [0.25, 0.3) is 0 Å². The quantitative estimate of drug-likeness (QED) is 0.774. The minimum Gasteiger partial charge on any atom is -0.490 e. The molecule has 1 aliphatic heterocycles. The summed E-state index contributed by atoms with van der Waals surface area (Å²) < 4.78 is 5.56. The van der Waals surface area contributed by atoms with Gasteiger partial charge in [-0.05, 0) is 37.8 Å². The second-order valence-electron chi connectivity index (χ2n) is 6.43. The van der Waals surface area contributed by atoms with Gasteiger partial charge in [0, 0.05) is 0 Å². The van der Waals surface area contributed by atoms with Gasteiger partial charge >= 0.3 is 6.03 Å². The molecule has 126 valence electrons. The molecule has 1 unspecified atom stereocenters. The molecule has 3 amide bonds. The Bertz CT molecular complexity index is 591. The first-order valence-electron chi connectivity index (χ1n) is 7.85. The van der Waals surface area contributed by atoms with Crippen molar-refractivity contribution in [3.63, 3.8) is 0 Å². The number of para-hydroxylation sites is 1. The number of carbonyl (C=O) groups excluding carboxylic acids is 2. The summed E-state index contributed by atoms with van der Waals surface area (Å²) in [6.45, 7) is 6.39. The van der Waals surface area contributed by atoms with Crippen molar-refractivity contribution in [3.05, 3.63) is 29.3 Å². The molecule has 6 heteroatoms. The zero-order chi connectivity index (χ0) is 17.0. The molecule has 2 rings (SSSR count). The molecular formula is C17H23ClN2O3. The summed E-state index contributed by atoms with van der Waals surface area (Å²) in [6.07, 6.45) is 1.52. The predicted molar refractivity (Wildman–Crippen MR) is 89.7 cm³/mol. The van der Waals surface area contributed by atoms with E-state index >= 15 is 0 Å². The van der Waals surface area contributed by atoms with Crippen LogP contribution in [-0.2, 0) is 4.79 Å². The van der Waals surface area contributed by atoms with Gasteiger partial charge in [-0.15, -0.1) is 0 Å². The maximum absolute atomic E-state index is 12.5. The van der Waals surface area contributed by atoms with Gasteiger partial charge in [0.1, 0.15) is 17.9 Å². The molecule has 0 bridgehead atoms. The van der Waals surface area contributed by atoms with Gasteiger partial charge in [0.15, 0.2) is 0 Å². The fourth-order valence-electron chi connectivity index (χ4n) is 2.51. The number of hydrogen-bond donors (Lipinski definition) is 1. The third kappa shape index (κ3) is 4.16. The molecule has 1 saturated heterocycles. The molecule has 1 atom stereocenters. The summed E-state index contributed by atoms with van der Waals surface area (Å²) in [5, 5.41) is 3.31. The predicted octanol–water partition coefficient (Wildman–Crippen LogP) is 3.47. The summed E-state index contributed by atoms with van der Waals surface area (Å²) in [6, 6.07) is 6.75. The fraction of sp³-hybridized carbons (Fsp3) is 0.529. The van der Waals surface area contributed by atoms with Crippen molar-refractivity contribution in [2.24, 2.45) is 5.92 Å². The molecule has 1 N–H and O–H groups in total. The van der Waals surface area contributed by atoms with Crippen LogP contribution in [0.4, 0.5) is 4.79 Å². The number of carbonyl (C=O) groups is 2. The number of halogens is 1. The smallest absolute Gasteiger partial charge is 0.325 e. The van der Waals surface area contributed by atoms with E-state index in [2.05, 4.69) is 19.2 Å². The lowest BCUT2D eigenvalue weighted by molar-refractivity contribution is -0.131. The topological polar surface area (TPSA) is 58.6 Å². The van der Waals surface area contributed by atoms with Crippen molar-refractivity contribution in [2.45, 2.75) is 39.2 Å². The zero-order valence-electron chi connectivity index (χ0n) is 13.8. The molecule has 0 aliphatic carbocycles. The molecule has 23 heavy (non-hydrogen) atoms. The third-order valence-electron chi connectivity index (χ3n) is 3.98. The van der Waals surface area contributed by atoms with E-state index in [0.29, 0.717) is 23.1 Å². The van der Waals surface area contributed by atoms with E-state index < -0.39 is 5.54 Å². The van der Waals surface area contributed by atoms with Gasteiger partial charge in [0.05, 0.1) is 11.6 Å². The monoisotopic (exact) mass is 338 g/mol. The largest absolute Gasteiger partial charge is 0.490 e. The summed E-state index contributed by atoms with van der Waals surface area (Å²) in [5.41, 5.74) is -0.814. The van der Waals surface area contributed by atoms with Crippen LogP contribution in [0.15, 0.2) is 24.3 Å². The lowest BCUT2D eigenvalue weighted by Crippen LogP contribution is -2.44. The average molecular weight is 339 g/mol.